The molecule has 1 heterocycles. The number of Topliss-reactive ketones (excluding diaryl/α,β-unsaturated/α-hetero) is 1. The minimum atomic E-state index is 0.0364. The van der Waals surface area contributed by atoms with Crippen LogP contribution in [0.3, 0.4) is 0 Å². The molecule has 0 radical (unpaired) electrons. The Labute approximate surface area is 93.5 Å². The fraction of sp³-hybridized carbons (Fsp3) is 0.0714. The zero-order valence-electron chi connectivity index (χ0n) is 9.03. The predicted molar refractivity (Wildman–Crippen MR) is 65.4 cm³/mol. The number of ketones is 1. The van der Waals surface area contributed by atoms with Crippen molar-refractivity contribution in [3.8, 4) is 0 Å². The lowest BCUT2D eigenvalue weighted by molar-refractivity contribution is 0.103. The van der Waals surface area contributed by atoms with Gasteiger partial charge in [-0.3, -0.25) is 4.79 Å². The largest absolute Gasteiger partial charge is 0.343 e. The average Bonchev–Trinajstić information content (AvgIpc) is 2.59. The van der Waals surface area contributed by atoms with Crippen molar-refractivity contribution in [3.05, 3.63) is 53.8 Å². The fourth-order valence-corrected chi connectivity index (χ4v) is 2.26. The van der Waals surface area contributed by atoms with E-state index < -0.39 is 0 Å². The standard InChI is InChI=1S/C14H11NO/c1-9-7-8-12-13(14(9)16)10-5-3-4-6-11(10)15(12)2/h3-8H,1H2,2H3. The molecule has 1 aromatic heterocycles. The Balaban J connectivity index is 2.51. The van der Waals surface area contributed by atoms with Crippen molar-refractivity contribution in [3.63, 3.8) is 0 Å². The molecule has 0 bridgehead atoms. The van der Waals surface area contributed by atoms with Crippen LogP contribution in [0.2, 0.25) is 0 Å². The Morgan fingerprint density at radius 1 is 1.19 bits per heavy atom. The number of aromatic nitrogens is 1. The molecule has 1 aliphatic carbocycles. The molecule has 2 aromatic rings. The molecule has 0 atom stereocenters. The molecule has 0 aliphatic heterocycles. The van der Waals surface area contributed by atoms with Gasteiger partial charge in [-0.25, -0.2) is 0 Å². The number of carbonyl (C=O) groups is 1. The highest BCUT2D eigenvalue weighted by Crippen LogP contribution is 2.31. The minimum Gasteiger partial charge on any atom is -0.343 e. The Morgan fingerprint density at radius 3 is 2.75 bits per heavy atom. The van der Waals surface area contributed by atoms with Crippen LogP contribution >= 0.6 is 0 Å². The normalized spacial score (nSPS) is 14.6. The van der Waals surface area contributed by atoms with Crippen LogP contribution in [-0.4, -0.2) is 10.4 Å². The number of carbonyl (C=O) groups excluding carboxylic acids is 1. The lowest BCUT2D eigenvalue weighted by atomic mass is 9.96. The zero-order chi connectivity index (χ0) is 11.3. The number of nitrogens with zero attached hydrogens (tertiary/aromatic N) is 1. The molecule has 1 aromatic carbocycles. The van der Waals surface area contributed by atoms with Crippen LogP contribution in [-0.2, 0) is 7.05 Å². The molecule has 16 heavy (non-hydrogen) atoms. The number of fused-ring (bicyclic) bond motifs is 3. The zero-order valence-corrected chi connectivity index (χ0v) is 9.03. The highest BCUT2D eigenvalue weighted by Gasteiger charge is 2.23. The van der Waals surface area contributed by atoms with E-state index in [4.69, 9.17) is 0 Å². The second-order valence-corrected chi connectivity index (χ2v) is 4.02. The van der Waals surface area contributed by atoms with Crippen LogP contribution in [0.4, 0.5) is 0 Å². The number of hydrogen-bond donors (Lipinski definition) is 0. The number of allylic oxidation sites excluding steroid dienone is 2. The second kappa shape index (κ2) is 2.95. The Morgan fingerprint density at radius 2 is 1.94 bits per heavy atom. The third-order valence-electron chi connectivity index (χ3n) is 3.11. The maximum Gasteiger partial charge on any atom is 0.195 e. The van der Waals surface area contributed by atoms with Crippen LogP contribution in [0.1, 0.15) is 16.1 Å². The summed E-state index contributed by atoms with van der Waals surface area (Å²) in [5, 5.41) is 1.01. The van der Waals surface area contributed by atoms with E-state index in [0.717, 1.165) is 22.2 Å². The van der Waals surface area contributed by atoms with Gasteiger partial charge in [0, 0.05) is 23.5 Å². The van der Waals surface area contributed by atoms with Crippen molar-refractivity contribution in [1.82, 2.24) is 4.57 Å². The highest BCUT2D eigenvalue weighted by atomic mass is 16.1. The molecular weight excluding hydrogens is 198 g/mol. The van der Waals surface area contributed by atoms with Gasteiger partial charge in [0.15, 0.2) is 5.78 Å². The molecule has 0 saturated heterocycles. The van der Waals surface area contributed by atoms with Crippen LogP contribution in [0.15, 0.2) is 42.5 Å². The number of benzene rings is 1. The van der Waals surface area contributed by atoms with Crippen LogP contribution < -0.4 is 0 Å². The average molecular weight is 209 g/mol. The number of aryl methyl sites for hydroxylation is 1. The molecule has 0 saturated carbocycles. The van der Waals surface area contributed by atoms with Gasteiger partial charge in [0.05, 0.1) is 11.3 Å². The van der Waals surface area contributed by atoms with Crippen LogP contribution in [0, 0.1) is 0 Å². The van der Waals surface area contributed by atoms with Crippen molar-refractivity contribution in [2.45, 2.75) is 0 Å². The molecular formula is C14H11NO. The first-order valence-corrected chi connectivity index (χ1v) is 5.19. The van der Waals surface area contributed by atoms with E-state index in [1.54, 1.807) is 6.08 Å². The molecule has 78 valence electrons. The first-order valence-electron chi connectivity index (χ1n) is 5.19. The highest BCUT2D eigenvalue weighted by molar-refractivity contribution is 6.21. The Kier molecular flexibility index (Phi) is 1.69. The third-order valence-corrected chi connectivity index (χ3v) is 3.11. The van der Waals surface area contributed by atoms with Crippen molar-refractivity contribution < 1.29 is 4.79 Å². The smallest absolute Gasteiger partial charge is 0.195 e. The molecule has 0 unspecified atom stereocenters. The summed E-state index contributed by atoms with van der Waals surface area (Å²) in [6.07, 6.45) is 3.74. The van der Waals surface area contributed by atoms with Gasteiger partial charge < -0.3 is 4.57 Å². The van der Waals surface area contributed by atoms with Crippen molar-refractivity contribution in [2.24, 2.45) is 7.05 Å². The van der Waals surface area contributed by atoms with Gasteiger partial charge in [-0.2, -0.15) is 0 Å². The molecule has 2 nitrogen and oxygen atoms in total. The SMILES string of the molecule is C=C1C=Cc2c(c3ccccc3n2C)C1=O. The van der Waals surface area contributed by atoms with Gasteiger partial charge in [-0.05, 0) is 18.2 Å². The van der Waals surface area contributed by atoms with Crippen LogP contribution in [0.5, 0.6) is 0 Å². The quantitative estimate of drug-likeness (QED) is 0.611. The predicted octanol–water partition coefficient (Wildman–Crippen LogP) is 2.94. The first kappa shape index (κ1) is 9.16. The molecule has 1 aliphatic rings. The first-order chi connectivity index (χ1) is 7.70. The van der Waals surface area contributed by atoms with E-state index in [1.165, 1.54) is 0 Å². The van der Waals surface area contributed by atoms with E-state index in [9.17, 15) is 4.79 Å². The monoisotopic (exact) mass is 209 g/mol. The lowest BCUT2D eigenvalue weighted by Crippen LogP contribution is -2.07. The third kappa shape index (κ3) is 0.986. The van der Waals surface area contributed by atoms with E-state index in [-0.39, 0.29) is 5.78 Å². The van der Waals surface area contributed by atoms with E-state index >= 15 is 0 Å². The van der Waals surface area contributed by atoms with Crippen molar-refractivity contribution >= 4 is 22.8 Å². The topological polar surface area (TPSA) is 22.0 Å². The summed E-state index contributed by atoms with van der Waals surface area (Å²) in [7, 11) is 1.98. The van der Waals surface area contributed by atoms with E-state index in [2.05, 4.69) is 6.58 Å². The van der Waals surface area contributed by atoms with Gasteiger partial charge in [-0.15, -0.1) is 0 Å². The van der Waals surface area contributed by atoms with Gasteiger partial charge in [0.2, 0.25) is 0 Å². The molecule has 0 N–H and O–H groups in total. The lowest BCUT2D eigenvalue weighted by Gasteiger charge is -2.08. The summed E-state index contributed by atoms with van der Waals surface area (Å²) >= 11 is 0. The number of rotatable bonds is 0. The Hall–Kier alpha value is -2.09. The van der Waals surface area contributed by atoms with Gasteiger partial charge in [0.1, 0.15) is 0 Å². The Bertz CT molecular complexity index is 659. The van der Waals surface area contributed by atoms with Gasteiger partial charge >= 0.3 is 0 Å². The van der Waals surface area contributed by atoms with E-state index in [0.29, 0.717) is 5.57 Å². The fourth-order valence-electron chi connectivity index (χ4n) is 2.26. The minimum absolute atomic E-state index is 0.0364. The van der Waals surface area contributed by atoms with Crippen molar-refractivity contribution in [2.75, 3.05) is 0 Å². The molecule has 3 rings (SSSR count). The van der Waals surface area contributed by atoms with Gasteiger partial charge in [0.25, 0.3) is 0 Å². The number of para-hydroxylation sites is 1. The summed E-state index contributed by atoms with van der Waals surface area (Å²) in [5.41, 5.74) is 3.40. The summed E-state index contributed by atoms with van der Waals surface area (Å²) in [6, 6.07) is 7.95. The second-order valence-electron chi connectivity index (χ2n) is 4.02. The van der Waals surface area contributed by atoms with Crippen molar-refractivity contribution in [1.29, 1.82) is 0 Å². The summed E-state index contributed by atoms with van der Waals surface area (Å²) in [5.74, 6) is 0.0364. The maximum absolute atomic E-state index is 12.1. The summed E-state index contributed by atoms with van der Waals surface area (Å²) in [4.78, 5) is 12.1. The summed E-state index contributed by atoms with van der Waals surface area (Å²) in [6.45, 7) is 3.76. The maximum atomic E-state index is 12.1. The summed E-state index contributed by atoms with van der Waals surface area (Å²) < 4.78 is 2.05. The molecule has 0 amide bonds. The number of hydrogen-bond acceptors (Lipinski definition) is 1. The molecule has 0 fully saturated rings. The van der Waals surface area contributed by atoms with Gasteiger partial charge in [-0.1, -0.05) is 24.8 Å². The molecule has 2 heteroatoms. The molecule has 0 spiro atoms. The van der Waals surface area contributed by atoms with Crippen LogP contribution in [0.25, 0.3) is 17.0 Å². The van der Waals surface area contributed by atoms with E-state index in [1.807, 2.05) is 42.0 Å².